The summed E-state index contributed by atoms with van der Waals surface area (Å²) in [6.45, 7) is 0. The number of nitrogens with two attached hydrogens (primary N) is 1. The summed E-state index contributed by atoms with van der Waals surface area (Å²) in [6.07, 6.45) is 2.82. The van der Waals surface area contributed by atoms with Crippen molar-refractivity contribution in [2.75, 3.05) is 0 Å². The van der Waals surface area contributed by atoms with E-state index in [0.717, 1.165) is 0 Å². The molecule has 1 amide bonds. The number of carbonyl (C=O) groups is 1. The maximum atomic E-state index is 14.0. The Kier molecular flexibility index (Phi) is 4.72. The van der Waals surface area contributed by atoms with Crippen LogP contribution < -0.4 is 5.73 Å². The van der Waals surface area contributed by atoms with Crippen molar-refractivity contribution in [1.29, 1.82) is 0 Å². The van der Waals surface area contributed by atoms with Crippen molar-refractivity contribution in [3.05, 3.63) is 60.4 Å². The Morgan fingerprint density at radius 1 is 1.16 bits per heavy atom. The molecule has 0 radical (unpaired) electrons. The van der Waals surface area contributed by atoms with E-state index >= 15 is 0 Å². The molecule has 32 heavy (non-hydrogen) atoms. The number of halogens is 3. The van der Waals surface area contributed by atoms with Gasteiger partial charge in [-0.1, -0.05) is 0 Å². The number of hydrogen-bond donors (Lipinski definition) is 1. The number of nitrogens with zero attached hydrogens (tertiary/aromatic N) is 5. The third-order valence-electron chi connectivity index (χ3n) is 5.71. The van der Waals surface area contributed by atoms with Gasteiger partial charge in [0.25, 0.3) is 0 Å². The van der Waals surface area contributed by atoms with Crippen molar-refractivity contribution < 1.29 is 18.0 Å². The molecule has 7 nitrogen and oxygen atoms in total. The van der Waals surface area contributed by atoms with E-state index in [1.54, 1.807) is 28.8 Å². The van der Waals surface area contributed by atoms with Gasteiger partial charge < -0.3 is 10.3 Å². The number of imidazole rings is 2. The monoisotopic (exact) mass is 440 g/mol. The van der Waals surface area contributed by atoms with Gasteiger partial charge in [0.1, 0.15) is 11.5 Å². The second-order valence-electron chi connectivity index (χ2n) is 7.99. The molecule has 3 heterocycles. The fraction of sp³-hybridized carbons (Fsp3) is 0.273. The number of benzene rings is 1. The first-order valence-electron chi connectivity index (χ1n) is 10.1. The molecule has 0 aliphatic heterocycles. The lowest BCUT2D eigenvalue weighted by molar-refractivity contribution is -0.117. The number of amides is 1. The number of hydrogen-bond acceptors (Lipinski definition) is 4. The summed E-state index contributed by atoms with van der Waals surface area (Å²) in [6, 6.07) is 8.81. The van der Waals surface area contributed by atoms with Crippen LogP contribution in [0.4, 0.5) is 13.2 Å². The standard InChI is InChI=1S/C22H19F3N6O/c23-14-3-1-13(2-4-14)20-21(30(12-28-20)15-7-8-22(24,25)10-15)17-5-6-19-27-11-16(9-18(26)32)31(19)29-17/h1-6,11-12,15H,7-10H2,(H2,26,32). The number of carbonyl (C=O) groups excluding carboxylic acids is 1. The number of primary amides is 1. The van der Waals surface area contributed by atoms with E-state index in [4.69, 9.17) is 5.73 Å². The summed E-state index contributed by atoms with van der Waals surface area (Å²) in [7, 11) is 0. The number of aromatic nitrogens is 5. The average molecular weight is 440 g/mol. The molecule has 4 aromatic rings. The molecule has 1 aliphatic carbocycles. The van der Waals surface area contributed by atoms with E-state index in [9.17, 15) is 18.0 Å². The van der Waals surface area contributed by atoms with Crippen molar-refractivity contribution in [3.63, 3.8) is 0 Å². The fourth-order valence-electron chi connectivity index (χ4n) is 4.22. The zero-order valence-corrected chi connectivity index (χ0v) is 16.9. The summed E-state index contributed by atoms with van der Waals surface area (Å²) in [5, 5.41) is 4.63. The van der Waals surface area contributed by atoms with Gasteiger partial charge in [0.05, 0.1) is 36.0 Å². The van der Waals surface area contributed by atoms with Crippen molar-refractivity contribution >= 4 is 11.6 Å². The highest BCUT2D eigenvalue weighted by atomic mass is 19.3. The summed E-state index contributed by atoms with van der Waals surface area (Å²) >= 11 is 0. The SMILES string of the molecule is NC(=O)Cc1cnc2ccc(-c3c(-c4ccc(F)cc4)ncn3C3CCC(F)(F)C3)nn12. The van der Waals surface area contributed by atoms with Gasteiger partial charge in [-0.25, -0.2) is 27.7 Å². The molecule has 1 atom stereocenters. The van der Waals surface area contributed by atoms with E-state index in [1.165, 1.54) is 29.2 Å². The van der Waals surface area contributed by atoms with Crippen LogP contribution in [0.5, 0.6) is 0 Å². The molecule has 1 fully saturated rings. The molecule has 10 heteroatoms. The van der Waals surface area contributed by atoms with Crippen LogP contribution in [0.25, 0.3) is 28.3 Å². The van der Waals surface area contributed by atoms with Crippen LogP contribution in [0.3, 0.4) is 0 Å². The van der Waals surface area contributed by atoms with Gasteiger partial charge in [0.15, 0.2) is 5.65 Å². The molecular weight excluding hydrogens is 421 g/mol. The lowest BCUT2D eigenvalue weighted by atomic mass is 10.1. The Morgan fingerprint density at radius 2 is 1.94 bits per heavy atom. The maximum absolute atomic E-state index is 14.0. The average Bonchev–Trinajstić information content (AvgIpc) is 3.45. The summed E-state index contributed by atoms with van der Waals surface area (Å²) in [4.78, 5) is 20.1. The summed E-state index contributed by atoms with van der Waals surface area (Å²) in [5.74, 6) is -3.65. The van der Waals surface area contributed by atoms with Gasteiger partial charge in [-0.3, -0.25) is 4.79 Å². The van der Waals surface area contributed by atoms with Crippen molar-refractivity contribution in [1.82, 2.24) is 24.1 Å². The molecule has 3 aromatic heterocycles. The number of rotatable bonds is 5. The number of fused-ring (bicyclic) bond motifs is 1. The second kappa shape index (κ2) is 7.47. The van der Waals surface area contributed by atoms with E-state index in [1.807, 2.05) is 0 Å². The Bertz CT molecular complexity index is 1310. The van der Waals surface area contributed by atoms with Crippen LogP contribution >= 0.6 is 0 Å². The Balaban J connectivity index is 1.68. The lowest BCUT2D eigenvalue weighted by Gasteiger charge is -2.17. The summed E-state index contributed by atoms with van der Waals surface area (Å²) in [5.41, 5.74) is 8.50. The predicted octanol–water partition coefficient (Wildman–Crippen LogP) is 3.79. The molecule has 1 aromatic carbocycles. The van der Waals surface area contributed by atoms with Gasteiger partial charge in [0.2, 0.25) is 11.8 Å². The van der Waals surface area contributed by atoms with Crippen LogP contribution in [-0.4, -0.2) is 36.0 Å². The summed E-state index contributed by atoms with van der Waals surface area (Å²) < 4.78 is 44.7. The van der Waals surface area contributed by atoms with Gasteiger partial charge in [-0.15, -0.1) is 0 Å². The van der Waals surface area contributed by atoms with E-state index in [0.29, 0.717) is 40.4 Å². The Labute approximate surface area is 180 Å². The quantitative estimate of drug-likeness (QED) is 0.511. The molecule has 5 rings (SSSR count). The van der Waals surface area contributed by atoms with Gasteiger partial charge >= 0.3 is 0 Å². The molecule has 1 unspecified atom stereocenters. The molecule has 164 valence electrons. The molecular formula is C22H19F3N6O. The minimum atomic E-state index is -2.74. The van der Waals surface area contributed by atoms with E-state index in [-0.39, 0.29) is 25.1 Å². The Morgan fingerprint density at radius 3 is 2.62 bits per heavy atom. The Hall–Kier alpha value is -3.69. The normalized spacial score (nSPS) is 17.8. The third kappa shape index (κ3) is 3.61. The smallest absolute Gasteiger partial charge is 0.250 e. The van der Waals surface area contributed by atoms with Crippen LogP contribution in [0, 0.1) is 5.82 Å². The van der Waals surface area contributed by atoms with Crippen LogP contribution in [0.1, 0.15) is 31.0 Å². The molecule has 0 bridgehead atoms. The highest BCUT2D eigenvalue weighted by Crippen LogP contribution is 2.44. The van der Waals surface area contributed by atoms with Gasteiger partial charge in [-0.2, -0.15) is 5.10 Å². The highest BCUT2D eigenvalue weighted by molar-refractivity contribution is 5.78. The van der Waals surface area contributed by atoms with Crippen LogP contribution in [0.2, 0.25) is 0 Å². The van der Waals surface area contributed by atoms with Gasteiger partial charge in [-0.05, 0) is 42.8 Å². The molecule has 2 N–H and O–H groups in total. The zero-order chi connectivity index (χ0) is 22.5. The van der Waals surface area contributed by atoms with E-state index < -0.39 is 17.9 Å². The molecule has 0 spiro atoms. The van der Waals surface area contributed by atoms with Crippen molar-refractivity contribution in [2.45, 2.75) is 37.6 Å². The predicted molar refractivity (Wildman–Crippen MR) is 110 cm³/mol. The molecule has 0 saturated heterocycles. The fourth-order valence-corrected chi connectivity index (χ4v) is 4.22. The molecule has 1 aliphatic rings. The lowest BCUT2D eigenvalue weighted by Crippen LogP contribution is -2.16. The second-order valence-corrected chi connectivity index (χ2v) is 7.99. The van der Waals surface area contributed by atoms with E-state index in [2.05, 4.69) is 15.1 Å². The minimum Gasteiger partial charge on any atom is -0.369 e. The highest BCUT2D eigenvalue weighted by Gasteiger charge is 2.41. The zero-order valence-electron chi connectivity index (χ0n) is 16.9. The van der Waals surface area contributed by atoms with Crippen LogP contribution in [0.15, 0.2) is 48.9 Å². The first kappa shape index (κ1) is 20.2. The third-order valence-corrected chi connectivity index (χ3v) is 5.71. The molecule has 1 saturated carbocycles. The van der Waals surface area contributed by atoms with Crippen molar-refractivity contribution in [3.8, 4) is 22.6 Å². The van der Waals surface area contributed by atoms with Crippen LogP contribution in [-0.2, 0) is 11.2 Å². The minimum absolute atomic E-state index is 0.0451. The largest absolute Gasteiger partial charge is 0.369 e. The van der Waals surface area contributed by atoms with Gasteiger partial charge in [0, 0.05) is 24.4 Å². The first-order valence-corrected chi connectivity index (χ1v) is 10.1. The maximum Gasteiger partial charge on any atom is 0.250 e. The topological polar surface area (TPSA) is 91.1 Å². The van der Waals surface area contributed by atoms with Crippen molar-refractivity contribution in [2.24, 2.45) is 5.73 Å². The first-order chi connectivity index (χ1) is 15.3. The number of alkyl halides is 2.